The zero-order valence-corrected chi connectivity index (χ0v) is 14.0. The van der Waals surface area contributed by atoms with E-state index in [0.717, 1.165) is 31.9 Å². The molecule has 0 aromatic carbocycles. The molecule has 0 spiro atoms. The standard InChI is InChI=1S/C15H22N4O3S/c1-3-5-6-7-8-12(20)18-16-10-11-13(21)17-15(23)19(9-4-2)14(11)22/h4,10,22H,2-3,5-9H2,1H3,(H,18,20)(H,17,21,23)/b16-10-. The Morgan fingerprint density at radius 3 is 2.87 bits per heavy atom. The lowest BCUT2D eigenvalue weighted by molar-refractivity contribution is -0.121. The van der Waals surface area contributed by atoms with Crippen molar-refractivity contribution in [3.8, 4) is 5.88 Å². The van der Waals surface area contributed by atoms with Gasteiger partial charge in [-0.05, 0) is 18.6 Å². The van der Waals surface area contributed by atoms with Gasteiger partial charge in [-0.1, -0.05) is 32.3 Å². The molecule has 1 amide bonds. The van der Waals surface area contributed by atoms with Crippen LogP contribution in [0.5, 0.6) is 5.88 Å². The van der Waals surface area contributed by atoms with Crippen molar-refractivity contribution in [1.82, 2.24) is 15.0 Å². The maximum Gasteiger partial charge on any atom is 0.264 e. The Kier molecular flexibility index (Phi) is 7.96. The SMILES string of the molecule is C=CCn1c(O)c(/C=N\NC(=O)CCCCCC)c(=O)[nH]c1=S. The predicted octanol–water partition coefficient (Wildman–Crippen LogP) is 2.22. The van der Waals surface area contributed by atoms with Gasteiger partial charge in [0.1, 0.15) is 5.56 Å². The Labute approximate surface area is 139 Å². The molecule has 1 rings (SSSR count). The summed E-state index contributed by atoms with van der Waals surface area (Å²) in [4.78, 5) is 25.8. The Balaban J connectivity index is 2.75. The molecule has 1 aromatic rings. The third-order valence-corrected chi connectivity index (χ3v) is 3.48. The summed E-state index contributed by atoms with van der Waals surface area (Å²) in [5.41, 5.74) is 1.69. The Hall–Kier alpha value is -2.22. The monoisotopic (exact) mass is 338 g/mol. The van der Waals surface area contributed by atoms with Crippen LogP contribution in [0.3, 0.4) is 0 Å². The topological polar surface area (TPSA) is 99.5 Å². The maximum atomic E-state index is 11.8. The van der Waals surface area contributed by atoms with Gasteiger partial charge in [-0.15, -0.1) is 6.58 Å². The average Bonchev–Trinajstić information content (AvgIpc) is 2.51. The zero-order chi connectivity index (χ0) is 17.2. The fourth-order valence-corrected chi connectivity index (χ4v) is 2.18. The molecule has 23 heavy (non-hydrogen) atoms. The van der Waals surface area contributed by atoms with Gasteiger partial charge in [0, 0.05) is 13.0 Å². The first kappa shape index (κ1) is 18.8. The van der Waals surface area contributed by atoms with Crippen LogP contribution < -0.4 is 11.0 Å². The van der Waals surface area contributed by atoms with Crippen LogP contribution in [0.25, 0.3) is 0 Å². The predicted molar refractivity (Wildman–Crippen MR) is 92.2 cm³/mol. The van der Waals surface area contributed by atoms with Gasteiger partial charge in [0.25, 0.3) is 5.56 Å². The fourth-order valence-electron chi connectivity index (χ4n) is 1.93. The molecule has 0 atom stereocenters. The van der Waals surface area contributed by atoms with Crippen molar-refractivity contribution in [1.29, 1.82) is 0 Å². The van der Waals surface area contributed by atoms with Gasteiger partial charge in [0.2, 0.25) is 11.8 Å². The van der Waals surface area contributed by atoms with Crippen LogP contribution >= 0.6 is 12.2 Å². The Morgan fingerprint density at radius 2 is 2.22 bits per heavy atom. The van der Waals surface area contributed by atoms with Gasteiger partial charge in [-0.3, -0.25) is 19.1 Å². The number of nitrogens with one attached hydrogen (secondary N) is 2. The number of carbonyl (C=O) groups excluding carboxylic acids is 1. The summed E-state index contributed by atoms with van der Waals surface area (Å²) in [6, 6.07) is 0. The quantitative estimate of drug-likeness (QED) is 0.211. The van der Waals surface area contributed by atoms with E-state index in [1.807, 2.05) is 0 Å². The van der Waals surface area contributed by atoms with E-state index in [4.69, 9.17) is 12.2 Å². The molecule has 0 aliphatic carbocycles. The molecule has 1 aromatic heterocycles. The van der Waals surface area contributed by atoms with E-state index in [-0.39, 0.29) is 28.7 Å². The first-order chi connectivity index (χ1) is 11.0. The highest BCUT2D eigenvalue weighted by molar-refractivity contribution is 7.71. The van der Waals surface area contributed by atoms with E-state index in [0.29, 0.717) is 6.42 Å². The van der Waals surface area contributed by atoms with Crippen LogP contribution in [-0.2, 0) is 11.3 Å². The lowest BCUT2D eigenvalue weighted by atomic mass is 10.1. The number of nitrogens with zero attached hydrogens (tertiary/aromatic N) is 2. The zero-order valence-electron chi connectivity index (χ0n) is 13.2. The number of aromatic hydroxyl groups is 1. The first-order valence-electron chi connectivity index (χ1n) is 7.50. The second kappa shape index (κ2) is 9.73. The van der Waals surface area contributed by atoms with Crippen LogP contribution in [0.4, 0.5) is 0 Å². The lowest BCUT2D eigenvalue weighted by Gasteiger charge is -2.08. The number of aromatic amines is 1. The number of H-pyrrole nitrogens is 1. The summed E-state index contributed by atoms with van der Waals surface area (Å²) >= 11 is 4.96. The van der Waals surface area contributed by atoms with Crippen LogP contribution in [0.15, 0.2) is 22.6 Å². The number of hydrazone groups is 1. The van der Waals surface area contributed by atoms with Crippen molar-refractivity contribution in [3.05, 3.63) is 33.3 Å². The van der Waals surface area contributed by atoms with Gasteiger partial charge >= 0.3 is 0 Å². The summed E-state index contributed by atoms with van der Waals surface area (Å²) in [6.45, 7) is 5.90. The molecular formula is C15H22N4O3S. The maximum absolute atomic E-state index is 11.8. The molecule has 0 bridgehead atoms. The molecule has 0 saturated carbocycles. The molecule has 0 aliphatic heterocycles. The number of aromatic nitrogens is 2. The van der Waals surface area contributed by atoms with Gasteiger partial charge in [0.15, 0.2) is 4.77 Å². The van der Waals surface area contributed by atoms with E-state index in [1.54, 1.807) is 0 Å². The number of allylic oxidation sites excluding steroid dienone is 1. The van der Waals surface area contributed by atoms with Crippen molar-refractivity contribution in [2.24, 2.45) is 5.10 Å². The van der Waals surface area contributed by atoms with Crippen LogP contribution in [0, 0.1) is 4.77 Å². The van der Waals surface area contributed by atoms with E-state index in [1.165, 1.54) is 10.6 Å². The summed E-state index contributed by atoms with van der Waals surface area (Å²) in [5, 5.41) is 13.8. The number of amides is 1. The van der Waals surface area contributed by atoms with E-state index in [9.17, 15) is 14.7 Å². The second-order valence-corrected chi connectivity index (χ2v) is 5.39. The Bertz CT molecular complexity index is 691. The summed E-state index contributed by atoms with van der Waals surface area (Å²) < 4.78 is 1.39. The van der Waals surface area contributed by atoms with E-state index < -0.39 is 5.56 Å². The van der Waals surface area contributed by atoms with Gasteiger partial charge in [0.05, 0.1) is 6.21 Å². The van der Waals surface area contributed by atoms with Crippen LogP contribution in [-0.4, -0.2) is 26.8 Å². The molecule has 7 nitrogen and oxygen atoms in total. The molecule has 126 valence electrons. The third-order valence-electron chi connectivity index (χ3n) is 3.16. The average molecular weight is 338 g/mol. The lowest BCUT2D eigenvalue weighted by Crippen LogP contribution is -2.21. The van der Waals surface area contributed by atoms with Gasteiger partial charge in [-0.25, -0.2) is 5.43 Å². The molecular weight excluding hydrogens is 316 g/mol. The van der Waals surface area contributed by atoms with E-state index in [2.05, 4.69) is 29.0 Å². The Morgan fingerprint density at radius 1 is 1.48 bits per heavy atom. The van der Waals surface area contributed by atoms with Crippen molar-refractivity contribution in [2.75, 3.05) is 0 Å². The van der Waals surface area contributed by atoms with Crippen LogP contribution in [0.1, 0.15) is 44.6 Å². The number of unbranched alkanes of at least 4 members (excludes halogenated alkanes) is 3. The third kappa shape index (κ3) is 5.82. The summed E-state index contributed by atoms with van der Waals surface area (Å²) in [5.74, 6) is -0.549. The molecule has 1 heterocycles. The number of hydrogen-bond acceptors (Lipinski definition) is 5. The highest BCUT2D eigenvalue weighted by Gasteiger charge is 2.10. The smallest absolute Gasteiger partial charge is 0.264 e. The minimum atomic E-state index is -0.575. The van der Waals surface area contributed by atoms with Crippen molar-refractivity contribution >= 4 is 24.3 Å². The largest absolute Gasteiger partial charge is 0.494 e. The number of rotatable bonds is 9. The first-order valence-corrected chi connectivity index (χ1v) is 7.91. The molecule has 0 aliphatic rings. The molecule has 0 saturated heterocycles. The number of hydrogen-bond donors (Lipinski definition) is 3. The number of carbonyl (C=O) groups is 1. The van der Waals surface area contributed by atoms with Crippen molar-refractivity contribution < 1.29 is 9.90 Å². The minimum absolute atomic E-state index is 0.0771. The molecule has 3 N–H and O–H groups in total. The second-order valence-electron chi connectivity index (χ2n) is 5.00. The summed E-state index contributed by atoms with van der Waals surface area (Å²) in [7, 11) is 0. The van der Waals surface area contributed by atoms with Crippen molar-refractivity contribution in [3.63, 3.8) is 0 Å². The van der Waals surface area contributed by atoms with Gasteiger partial charge in [-0.2, -0.15) is 5.10 Å². The van der Waals surface area contributed by atoms with E-state index >= 15 is 0 Å². The van der Waals surface area contributed by atoms with Crippen molar-refractivity contribution in [2.45, 2.75) is 45.6 Å². The minimum Gasteiger partial charge on any atom is -0.494 e. The molecule has 8 heteroatoms. The molecule has 0 radical (unpaired) electrons. The molecule has 0 fully saturated rings. The van der Waals surface area contributed by atoms with Crippen LogP contribution in [0.2, 0.25) is 0 Å². The summed E-state index contributed by atoms with van der Waals surface area (Å²) in [6.07, 6.45) is 7.00. The molecule has 0 unspecified atom stereocenters. The normalized spacial score (nSPS) is 10.8. The highest BCUT2D eigenvalue weighted by atomic mass is 32.1. The highest BCUT2D eigenvalue weighted by Crippen LogP contribution is 2.11. The fraction of sp³-hybridized carbons (Fsp3) is 0.467. The van der Waals surface area contributed by atoms with Gasteiger partial charge < -0.3 is 5.11 Å².